The number of rotatable bonds is 6. The summed E-state index contributed by atoms with van der Waals surface area (Å²) in [5, 5.41) is 3.62. The van der Waals surface area contributed by atoms with Crippen LogP contribution in [0.1, 0.15) is 72.6 Å². The van der Waals surface area contributed by atoms with Crippen LogP contribution in [0.3, 0.4) is 0 Å². The van der Waals surface area contributed by atoms with Gasteiger partial charge in [0.1, 0.15) is 0 Å². The van der Waals surface area contributed by atoms with Crippen molar-refractivity contribution in [1.29, 1.82) is 0 Å². The van der Waals surface area contributed by atoms with Crippen molar-refractivity contribution in [3.63, 3.8) is 0 Å². The molecule has 1 heteroatoms. The summed E-state index contributed by atoms with van der Waals surface area (Å²) < 4.78 is 0. The van der Waals surface area contributed by atoms with Crippen LogP contribution in [0.4, 0.5) is 0 Å². The molecule has 3 unspecified atom stereocenters. The molecule has 1 fully saturated rings. The van der Waals surface area contributed by atoms with E-state index in [9.17, 15) is 0 Å². The molecule has 1 N–H and O–H groups in total. The third kappa shape index (κ3) is 4.28. The molecule has 0 aromatic rings. The van der Waals surface area contributed by atoms with Crippen LogP contribution in [0.25, 0.3) is 0 Å². The average molecular weight is 239 g/mol. The van der Waals surface area contributed by atoms with E-state index in [0.717, 1.165) is 17.9 Å². The third-order valence-corrected chi connectivity index (χ3v) is 4.88. The predicted octanol–water partition coefficient (Wildman–Crippen LogP) is 4.62. The minimum Gasteiger partial charge on any atom is -0.317 e. The molecule has 1 aliphatic carbocycles. The van der Waals surface area contributed by atoms with Crippen LogP contribution in [0.2, 0.25) is 0 Å². The lowest BCUT2D eigenvalue weighted by Gasteiger charge is -2.44. The van der Waals surface area contributed by atoms with Crippen molar-refractivity contribution in [3.8, 4) is 0 Å². The standard InChI is InChI=1S/C16H33N/c1-6-9-13(2)12-15(17-5)14-10-7-8-11-16(14,3)4/h13-15,17H,6-12H2,1-5H3. The van der Waals surface area contributed by atoms with Gasteiger partial charge in [-0.15, -0.1) is 0 Å². The summed E-state index contributed by atoms with van der Waals surface area (Å²) in [5.41, 5.74) is 0.540. The SMILES string of the molecule is CCCC(C)CC(NC)C1CCCCC1(C)C. The van der Waals surface area contributed by atoms with Crippen molar-refractivity contribution in [2.45, 2.75) is 78.7 Å². The van der Waals surface area contributed by atoms with Crippen LogP contribution in [0.5, 0.6) is 0 Å². The summed E-state index contributed by atoms with van der Waals surface area (Å²) in [5.74, 6) is 1.75. The van der Waals surface area contributed by atoms with Crippen molar-refractivity contribution >= 4 is 0 Å². The Hall–Kier alpha value is -0.0400. The topological polar surface area (TPSA) is 12.0 Å². The highest BCUT2D eigenvalue weighted by Crippen LogP contribution is 2.43. The zero-order valence-electron chi connectivity index (χ0n) is 12.7. The Morgan fingerprint density at radius 2 is 2.00 bits per heavy atom. The summed E-state index contributed by atoms with van der Waals surface area (Å²) >= 11 is 0. The molecule has 1 aliphatic rings. The first-order chi connectivity index (χ1) is 8.01. The summed E-state index contributed by atoms with van der Waals surface area (Å²) in [6.45, 7) is 9.68. The van der Waals surface area contributed by atoms with E-state index in [1.54, 1.807) is 0 Å². The fourth-order valence-corrected chi connectivity index (χ4v) is 3.79. The van der Waals surface area contributed by atoms with Gasteiger partial charge < -0.3 is 5.32 Å². The molecule has 3 atom stereocenters. The Kier molecular flexibility index (Phi) is 5.99. The van der Waals surface area contributed by atoms with E-state index < -0.39 is 0 Å². The molecule has 0 bridgehead atoms. The molecule has 0 heterocycles. The molecule has 0 aromatic heterocycles. The molecular weight excluding hydrogens is 206 g/mol. The highest BCUT2D eigenvalue weighted by molar-refractivity contribution is 4.90. The smallest absolute Gasteiger partial charge is 0.00999 e. The van der Waals surface area contributed by atoms with Gasteiger partial charge in [-0.3, -0.25) is 0 Å². The highest BCUT2D eigenvalue weighted by atomic mass is 14.9. The Balaban J connectivity index is 2.58. The van der Waals surface area contributed by atoms with Gasteiger partial charge in [0, 0.05) is 6.04 Å². The normalized spacial score (nSPS) is 27.7. The van der Waals surface area contributed by atoms with Crippen molar-refractivity contribution in [2.24, 2.45) is 17.3 Å². The van der Waals surface area contributed by atoms with E-state index >= 15 is 0 Å². The molecule has 0 saturated heterocycles. The minimum atomic E-state index is 0.540. The van der Waals surface area contributed by atoms with Gasteiger partial charge in [-0.25, -0.2) is 0 Å². The highest BCUT2D eigenvalue weighted by Gasteiger charge is 2.37. The van der Waals surface area contributed by atoms with E-state index in [2.05, 4.69) is 40.1 Å². The van der Waals surface area contributed by atoms with Gasteiger partial charge in [-0.1, -0.05) is 53.4 Å². The zero-order valence-corrected chi connectivity index (χ0v) is 12.7. The Labute approximate surface area is 109 Å². The maximum atomic E-state index is 3.62. The molecule has 1 rings (SSSR count). The van der Waals surface area contributed by atoms with Crippen LogP contribution in [0.15, 0.2) is 0 Å². The van der Waals surface area contributed by atoms with Crippen LogP contribution in [0, 0.1) is 17.3 Å². The van der Waals surface area contributed by atoms with Crippen LogP contribution >= 0.6 is 0 Å². The van der Waals surface area contributed by atoms with E-state index in [1.165, 1.54) is 44.9 Å². The first-order valence-corrected chi connectivity index (χ1v) is 7.68. The van der Waals surface area contributed by atoms with Gasteiger partial charge in [0.05, 0.1) is 0 Å². The van der Waals surface area contributed by atoms with Gasteiger partial charge >= 0.3 is 0 Å². The minimum absolute atomic E-state index is 0.540. The first-order valence-electron chi connectivity index (χ1n) is 7.68. The van der Waals surface area contributed by atoms with E-state index in [0.29, 0.717) is 5.41 Å². The van der Waals surface area contributed by atoms with Crippen LogP contribution < -0.4 is 5.32 Å². The second kappa shape index (κ2) is 6.78. The maximum Gasteiger partial charge on any atom is 0.00999 e. The monoisotopic (exact) mass is 239 g/mol. The van der Waals surface area contributed by atoms with Gasteiger partial charge in [-0.05, 0) is 43.6 Å². The van der Waals surface area contributed by atoms with Gasteiger partial charge in [0.25, 0.3) is 0 Å². The van der Waals surface area contributed by atoms with Crippen molar-refractivity contribution in [3.05, 3.63) is 0 Å². The summed E-state index contributed by atoms with van der Waals surface area (Å²) in [4.78, 5) is 0. The lowest BCUT2D eigenvalue weighted by atomic mass is 9.64. The second-order valence-electron chi connectivity index (χ2n) is 6.87. The molecule has 0 aliphatic heterocycles. The van der Waals surface area contributed by atoms with Crippen molar-refractivity contribution in [2.75, 3.05) is 7.05 Å². The Bertz CT molecular complexity index is 210. The molecule has 0 amide bonds. The largest absolute Gasteiger partial charge is 0.317 e. The maximum absolute atomic E-state index is 3.62. The molecule has 0 radical (unpaired) electrons. The molecule has 0 aromatic carbocycles. The number of hydrogen-bond acceptors (Lipinski definition) is 1. The van der Waals surface area contributed by atoms with Gasteiger partial charge in [0.15, 0.2) is 0 Å². The molecule has 1 nitrogen and oxygen atoms in total. The lowest BCUT2D eigenvalue weighted by Crippen LogP contribution is -2.44. The molecule has 102 valence electrons. The summed E-state index contributed by atoms with van der Waals surface area (Å²) in [7, 11) is 2.16. The quantitative estimate of drug-likeness (QED) is 0.713. The van der Waals surface area contributed by atoms with E-state index in [1.807, 2.05) is 0 Å². The average Bonchev–Trinajstić information content (AvgIpc) is 2.26. The fraction of sp³-hybridized carbons (Fsp3) is 1.00. The van der Waals surface area contributed by atoms with Crippen LogP contribution in [-0.2, 0) is 0 Å². The molecule has 17 heavy (non-hydrogen) atoms. The van der Waals surface area contributed by atoms with Crippen LogP contribution in [-0.4, -0.2) is 13.1 Å². The molecule has 0 spiro atoms. The predicted molar refractivity (Wildman–Crippen MR) is 77.3 cm³/mol. The van der Waals surface area contributed by atoms with E-state index in [4.69, 9.17) is 0 Å². The van der Waals surface area contributed by atoms with Gasteiger partial charge in [0.2, 0.25) is 0 Å². The fourth-order valence-electron chi connectivity index (χ4n) is 3.79. The number of nitrogens with one attached hydrogen (secondary N) is 1. The lowest BCUT2D eigenvalue weighted by molar-refractivity contribution is 0.0910. The first kappa shape index (κ1) is 15.0. The second-order valence-corrected chi connectivity index (χ2v) is 6.87. The molecule has 1 saturated carbocycles. The summed E-state index contributed by atoms with van der Waals surface area (Å²) in [6, 6.07) is 0.729. The molecular formula is C16H33N. The van der Waals surface area contributed by atoms with Crippen molar-refractivity contribution < 1.29 is 0 Å². The summed E-state index contributed by atoms with van der Waals surface area (Å²) in [6.07, 6.45) is 9.78. The zero-order chi connectivity index (χ0) is 12.9. The number of hydrogen-bond donors (Lipinski definition) is 1. The van der Waals surface area contributed by atoms with Crippen molar-refractivity contribution in [1.82, 2.24) is 5.32 Å². The Morgan fingerprint density at radius 1 is 1.29 bits per heavy atom. The van der Waals surface area contributed by atoms with E-state index in [-0.39, 0.29) is 0 Å². The third-order valence-electron chi connectivity index (χ3n) is 4.88. The van der Waals surface area contributed by atoms with Gasteiger partial charge in [-0.2, -0.15) is 0 Å². The Morgan fingerprint density at radius 3 is 2.53 bits per heavy atom.